The van der Waals surface area contributed by atoms with Gasteiger partial charge in [-0.15, -0.1) is 0 Å². The van der Waals surface area contributed by atoms with Crippen LogP contribution < -0.4 is 5.32 Å². The van der Waals surface area contributed by atoms with Crippen LogP contribution in [0.3, 0.4) is 0 Å². The number of halogens is 2. The summed E-state index contributed by atoms with van der Waals surface area (Å²) in [5.74, 6) is 0.577. The van der Waals surface area contributed by atoms with Crippen LogP contribution in [0.1, 0.15) is 0 Å². The fraction of sp³-hybridized carbons (Fsp3) is 0.444. The number of nitrogens with zero attached hydrogens (tertiary/aromatic N) is 1. The average Bonchev–Trinajstić information content (AvgIpc) is 2.20. The Labute approximate surface area is 98.2 Å². The second kappa shape index (κ2) is 6.85. The lowest BCUT2D eigenvalue weighted by Crippen LogP contribution is -2.12. The van der Waals surface area contributed by atoms with E-state index in [0.29, 0.717) is 35.6 Å². The van der Waals surface area contributed by atoms with Crippen molar-refractivity contribution >= 4 is 29.0 Å². The molecule has 0 amide bonds. The van der Waals surface area contributed by atoms with E-state index >= 15 is 0 Å². The Morgan fingerprint density at radius 2 is 2.20 bits per heavy atom. The standard InChI is InChI=1S/C9H12Cl2N2O2/c10-7-5-8(11)9(13-6-7)12-1-3-15-4-2-14/h5-6,14H,1-4H2,(H,12,13). The van der Waals surface area contributed by atoms with E-state index in [1.165, 1.54) is 6.20 Å². The van der Waals surface area contributed by atoms with E-state index in [4.69, 9.17) is 33.0 Å². The van der Waals surface area contributed by atoms with Crippen LogP contribution in [0.15, 0.2) is 12.3 Å². The lowest BCUT2D eigenvalue weighted by Gasteiger charge is -2.07. The molecule has 1 aromatic heterocycles. The maximum absolute atomic E-state index is 8.46. The molecule has 0 saturated heterocycles. The van der Waals surface area contributed by atoms with E-state index in [2.05, 4.69) is 10.3 Å². The number of rotatable bonds is 6. The quantitative estimate of drug-likeness (QED) is 0.757. The molecule has 0 radical (unpaired) electrons. The highest BCUT2D eigenvalue weighted by Crippen LogP contribution is 2.21. The SMILES string of the molecule is OCCOCCNc1ncc(Cl)cc1Cl. The van der Waals surface area contributed by atoms with Crippen molar-refractivity contribution in [2.45, 2.75) is 0 Å². The first kappa shape index (κ1) is 12.5. The van der Waals surface area contributed by atoms with Gasteiger partial charge in [0.2, 0.25) is 0 Å². The fourth-order valence-electron chi connectivity index (χ4n) is 0.953. The minimum Gasteiger partial charge on any atom is -0.394 e. The number of aliphatic hydroxyl groups is 1. The summed E-state index contributed by atoms with van der Waals surface area (Å²) in [5.41, 5.74) is 0. The van der Waals surface area contributed by atoms with Crippen molar-refractivity contribution in [3.63, 3.8) is 0 Å². The zero-order valence-corrected chi connectivity index (χ0v) is 9.55. The van der Waals surface area contributed by atoms with Gasteiger partial charge in [0.15, 0.2) is 0 Å². The molecule has 4 nitrogen and oxygen atoms in total. The summed E-state index contributed by atoms with van der Waals surface area (Å²) in [7, 11) is 0. The van der Waals surface area contributed by atoms with E-state index in [1.54, 1.807) is 6.07 Å². The first-order valence-corrected chi connectivity index (χ1v) is 5.23. The van der Waals surface area contributed by atoms with E-state index in [0.717, 1.165) is 0 Å². The monoisotopic (exact) mass is 250 g/mol. The second-order valence-electron chi connectivity index (χ2n) is 2.75. The number of anilines is 1. The zero-order valence-electron chi connectivity index (χ0n) is 8.04. The Bertz CT molecular complexity index is 310. The minimum atomic E-state index is 0.0277. The van der Waals surface area contributed by atoms with Gasteiger partial charge in [-0.2, -0.15) is 0 Å². The Morgan fingerprint density at radius 1 is 1.40 bits per heavy atom. The van der Waals surface area contributed by atoms with Crippen LogP contribution in [0, 0.1) is 0 Å². The first-order chi connectivity index (χ1) is 7.24. The lowest BCUT2D eigenvalue weighted by atomic mass is 10.4. The molecular weight excluding hydrogens is 239 g/mol. The van der Waals surface area contributed by atoms with E-state index in [9.17, 15) is 0 Å². The number of pyridine rings is 1. The summed E-state index contributed by atoms with van der Waals surface area (Å²) in [6, 6.07) is 1.62. The molecule has 0 unspecified atom stereocenters. The topological polar surface area (TPSA) is 54.4 Å². The van der Waals surface area contributed by atoms with Crippen molar-refractivity contribution < 1.29 is 9.84 Å². The Hall–Kier alpha value is -0.550. The third-order valence-electron chi connectivity index (χ3n) is 1.58. The number of aromatic nitrogens is 1. The molecule has 84 valence electrons. The highest BCUT2D eigenvalue weighted by atomic mass is 35.5. The molecule has 1 aromatic rings. The minimum absolute atomic E-state index is 0.0277. The number of ether oxygens (including phenoxy) is 1. The van der Waals surface area contributed by atoms with Crippen molar-refractivity contribution in [3.05, 3.63) is 22.3 Å². The predicted molar refractivity (Wildman–Crippen MR) is 60.7 cm³/mol. The Kier molecular flexibility index (Phi) is 5.71. The van der Waals surface area contributed by atoms with Gasteiger partial charge in [-0.1, -0.05) is 23.2 Å². The van der Waals surface area contributed by atoms with Gasteiger partial charge >= 0.3 is 0 Å². The van der Waals surface area contributed by atoms with Crippen LogP contribution in [-0.2, 0) is 4.74 Å². The van der Waals surface area contributed by atoms with Gasteiger partial charge in [-0.05, 0) is 6.07 Å². The lowest BCUT2D eigenvalue weighted by molar-refractivity contribution is 0.0992. The van der Waals surface area contributed by atoms with Crippen LogP contribution >= 0.6 is 23.2 Å². The van der Waals surface area contributed by atoms with Crippen molar-refractivity contribution in [2.75, 3.05) is 31.7 Å². The number of hydrogen-bond acceptors (Lipinski definition) is 4. The maximum atomic E-state index is 8.46. The zero-order chi connectivity index (χ0) is 11.1. The van der Waals surface area contributed by atoms with Gasteiger partial charge in [0.25, 0.3) is 0 Å². The van der Waals surface area contributed by atoms with Gasteiger partial charge in [-0.25, -0.2) is 4.98 Å². The predicted octanol–water partition coefficient (Wildman–Crippen LogP) is 1.81. The molecule has 1 heterocycles. The molecule has 2 N–H and O–H groups in total. The third kappa shape index (κ3) is 4.66. The van der Waals surface area contributed by atoms with Crippen molar-refractivity contribution in [2.24, 2.45) is 0 Å². The summed E-state index contributed by atoms with van der Waals surface area (Å²) in [4.78, 5) is 4.02. The van der Waals surface area contributed by atoms with Crippen LogP contribution in [0.2, 0.25) is 10.0 Å². The van der Waals surface area contributed by atoms with Crippen LogP contribution in [-0.4, -0.2) is 36.5 Å². The summed E-state index contributed by atoms with van der Waals surface area (Å²) in [5, 5.41) is 12.4. The smallest absolute Gasteiger partial charge is 0.144 e. The molecule has 0 aliphatic heterocycles. The Morgan fingerprint density at radius 3 is 2.87 bits per heavy atom. The maximum Gasteiger partial charge on any atom is 0.144 e. The molecule has 0 aliphatic carbocycles. The normalized spacial score (nSPS) is 10.3. The molecule has 15 heavy (non-hydrogen) atoms. The molecule has 0 atom stereocenters. The van der Waals surface area contributed by atoms with E-state index < -0.39 is 0 Å². The van der Waals surface area contributed by atoms with Gasteiger partial charge in [0, 0.05) is 12.7 Å². The average molecular weight is 251 g/mol. The molecule has 0 aromatic carbocycles. The van der Waals surface area contributed by atoms with E-state index in [1.807, 2.05) is 0 Å². The molecule has 0 fully saturated rings. The van der Waals surface area contributed by atoms with Crippen LogP contribution in [0.25, 0.3) is 0 Å². The van der Waals surface area contributed by atoms with Gasteiger partial charge in [0.05, 0.1) is 29.9 Å². The summed E-state index contributed by atoms with van der Waals surface area (Å²) >= 11 is 11.6. The highest BCUT2D eigenvalue weighted by molar-refractivity contribution is 6.35. The Balaban J connectivity index is 2.31. The third-order valence-corrected chi connectivity index (χ3v) is 2.08. The molecular formula is C9H12Cl2N2O2. The van der Waals surface area contributed by atoms with Crippen LogP contribution in [0.4, 0.5) is 5.82 Å². The van der Waals surface area contributed by atoms with Gasteiger partial charge in [-0.3, -0.25) is 0 Å². The van der Waals surface area contributed by atoms with Crippen molar-refractivity contribution in [3.8, 4) is 0 Å². The number of nitrogens with one attached hydrogen (secondary N) is 1. The molecule has 0 bridgehead atoms. The summed E-state index contributed by atoms with van der Waals surface area (Å²) < 4.78 is 5.06. The molecule has 6 heteroatoms. The van der Waals surface area contributed by atoms with Gasteiger partial charge in [0.1, 0.15) is 5.82 Å². The largest absolute Gasteiger partial charge is 0.394 e. The second-order valence-corrected chi connectivity index (χ2v) is 3.59. The summed E-state index contributed by atoms with van der Waals surface area (Å²) in [6.07, 6.45) is 1.52. The molecule has 0 spiro atoms. The molecule has 0 aliphatic rings. The van der Waals surface area contributed by atoms with Crippen LogP contribution in [0.5, 0.6) is 0 Å². The van der Waals surface area contributed by atoms with Crippen molar-refractivity contribution in [1.29, 1.82) is 0 Å². The fourth-order valence-corrected chi connectivity index (χ4v) is 1.40. The number of aliphatic hydroxyl groups excluding tert-OH is 1. The number of hydrogen-bond donors (Lipinski definition) is 2. The van der Waals surface area contributed by atoms with Crippen molar-refractivity contribution in [1.82, 2.24) is 4.98 Å². The molecule has 0 saturated carbocycles. The molecule has 1 rings (SSSR count). The van der Waals surface area contributed by atoms with E-state index in [-0.39, 0.29) is 6.61 Å². The summed E-state index contributed by atoms with van der Waals surface area (Å²) in [6.45, 7) is 1.43. The highest BCUT2D eigenvalue weighted by Gasteiger charge is 2.01. The first-order valence-electron chi connectivity index (χ1n) is 4.47. The van der Waals surface area contributed by atoms with Gasteiger partial charge < -0.3 is 15.2 Å².